The van der Waals surface area contributed by atoms with E-state index in [1.54, 1.807) is 48.7 Å². The third-order valence-electron chi connectivity index (χ3n) is 4.74. The van der Waals surface area contributed by atoms with Gasteiger partial charge < -0.3 is 4.57 Å². The molecule has 6 nitrogen and oxygen atoms in total. The fourth-order valence-corrected chi connectivity index (χ4v) is 3.59. The van der Waals surface area contributed by atoms with E-state index in [9.17, 15) is 9.18 Å². The highest BCUT2D eigenvalue weighted by Gasteiger charge is 2.17. The summed E-state index contributed by atoms with van der Waals surface area (Å²) in [5, 5.41) is 5.13. The number of halogens is 2. The number of hydrogen-bond acceptors (Lipinski definition) is 4. The Labute approximate surface area is 168 Å². The average Bonchev–Trinajstić information content (AvgIpc) is 3.18. The van der Waals surface area contributed by atoms with Crippen LogP contribution < -0.4 is 5.56 Å². The van der Waals surface area contributed by atoms with Gasteiger partial charge in [0, 0.05) is 22.3 Å². The van der Waals surface area contributed by atoms with Crippen molar-refractivity contribution >= 4 is 28.3 Å². The molecule has 0 unspecified atom stereocenters. The minimum absolute atomic E-state index is 0.103. The zero-order chi connectivity index (χ0) is 20.0. The Hall–Kier alpha value is -3.58. The summed E-state index contributed by atoms with van der Waals surface area (Å²) in [5.74, 6) is 0.0122. The molecule has 3 heterocycles. The molecule has 0 saturated heterocycles. The Morgan fingerprint density at radius 3 is 2.76 bits per heavy atom. The first-order valence-corrected chi connectivity index (χ1v) is 9.22. The average molecular weight is 406 g/mol. The van der Waals surface area contributed by atoms with Crippen LogP contribution in [0.1, 0.15) is 5.56 Å². The molecule has 3 aromatic heterocycles. The van der Waals surface area contributed by atoms with Crippen molar-refractivity contribution in [1.29, 1.82) is 0 Å². The summed E-state index contributed by atoms with van der Waals surface area (Å²) in [6, 6.07) is 15.3. The molecule has 0 aliphatic heterocycles. The smallest absolute Gasteiger partial charge is 0.262 e. The molecule has 0 radical (unpaired) electrons. The molecule has 0 N–H and O–H groups in total. The van der Waals surface area contributed by atoms with Gasteiger partial charge in [-0.15, -0.1) is 0 Å². The van der Waals surface area contributed by atoms with Crippen molar-refractivity contribution in [3.63, 3.8) is 0 Å². The molecular weight excluding hydrogens is 393 g/mol. The van der Waals surface area contributed by atoms with Gasteiger partial charge in [0.15, 0.2) is 0 Å². The van der Waals surface area contributed by atoms with E-state index in [-0.39, 0.29) is 17.9 Å². The molecule has 0 saturated carbocycles. The minimum atomic E-state index is -0.362. The summed E-state index contributed by atoms with van der Waals surface area (Å²) in [7, 11) is 0. The van der Waals surface area contributed by atoms with E-state index in [4.69, 9.17) is 11.6 Å². The summed E-state index contributed by atoms with van der Waals surface area (Å²) in [5.41, 5.74) is 1.85. The molecule has 0 aliphatic carbocycles. The molecule has 0 aliphatic rings. The molecule has 0 amide bonds. The molecule has 0 bridgehead atoms. The maximum absolute atomic E-state index is 14.1. The summed E-state index contributed by atoms with van der Waals surface area (Å²) in [6.07, 6.45) is 2.99. The number of aromatic nitrogens is 5. The van der Waals surface area contributed by atoms with Crippen molar-refractivity contribution in [3.8, 4) is 11.3 Å². The maximum atomic E-state index is 14.1. The normalized spacial score (nSPS) is 11.4. The third kappa shape index (κ3) is 2.96. The molecule has 2 aromatic carbocycles. The highest BCUT2D eigenvalue weighted by Crippen LogP contribution is 2.27. The summed E-state index contributed by atoms with van der Waals surface area (Å²) in [4.78, 5) is 22.0. The lowest BCUT2D eigenvalue weighted by molar-refractivity contribution is 0.597. The minimum Gasteiger partial charge on any atom is -0.310 e. The number of pyridine rings is 1. The molecule has 5 aromatic rings. The van der Waals surface area contributed by atoms with Gasteiger partial charge in [0.1, 0.15) is 12.1 Å². The summed E-state index contributed by atoms with van der Waals surface area (Å²) < 4.78 is 17.1. The summed E-state index contributed by atoms with van der Waals surface area (Å²) in [6.45, 7) is 0.103. The van der Waals surface area contributed by atoms with Gasteiger partial charge in [-0.1, -0.05) is 41.9 Å². The van der Waals surface area contributed by atoms with Crippen molar-refractivity contribution in [2.45, 2.75) is 6.54 Å². The van der Waals surface area contributed by atoms with E-state index in [0.29, 0.717) is 38.5 Å². The van der Waals surface area contributed by atoms with Crippen molar-refractivity contribution < 1.29 is 4.39 Å². The van der Waals surface area contributed by atoms with E-state index < -0.39 is 0 Å². The quantitative estimate of drug-likeness (QED) is 0.456. The van der Waals surface area contributed by atoms with Crippen LogP contribution in [0.25, 0.3) is 27.9 Å². The first kappa shape index (κ1) is 17.5. The van der Waals surface area contributed by atoms with Crippen molar-refractivity contribution in [3.05, 3.63) is 93.9 Å². The summed E-state index contributed by atoms with van der Waals surface area (Å²) >= 11 is 6.18. The second kappa shape index (κ2) is 6.79. The third-order valence-corrected chi connectivity index (χ3v) is 4.97. The van der Waals surface area contributed by atoms with Crippen LogP contribution in [-0.4, -0.2) is 24.1 Å². The van der Waals surface area contributed by atoms with Gasteiger partial charge in [0.2, 0.25) is 0 Å². The lowest BCUT2D eigenvalue weighted by atomic mass is 10.1. The van der Waals surface area contributed by atoms with Gasteiger partial charge in [0.25, 0.3) is 11.3 Å². The van der Waals surface area contributed by atoms with Crippen LogP contribution in [0, 0.1) is 5.82 Å². The van der Waals surface area contributed by atoms with Crippen LogP contribution in [0.2, 0.25) is 5.02 Å². The lowest BCUT2D eigenvalue weighted by Gasteiger charge is -2.12. The second-order valence-electron chi connectivity index (χ2n) is 6.54. The van der Waals surface area contributed by atoms with E-state index in [0.717, 1.165) is 0 Å². The first-order valence-electron chi connectivity index (χ1n) is 8.84. The van der Waals surface area contributed by atoms with Crippen molar-refractivity contribution in [1.82, 2.24) is 24.1 Å². The van der Waals surface area contributed by atoms with Crippen molar-refractivity contribution in [2.24, 2.45) is 0 Å². The molecule has 0 atom stereocenters. The Kier molecular flexibility index (Phi) is 4.10. The van der Waals surface area contributed by atoms with Crippen molar-refractivity contribution in [2.75, 3.05) is 0 Å². The fraction of sp³-hybridized carbons (Fsp3) is 0.0476. The predicted octanol–water partition coefficient (Wildman–Crippen LogP) is 3.95. The largest absolute Gasteiger partial charge is 0.310 e. The Morgan fingerprint density at radius 1 is 1.07 bits per heavy atom. The highest BCUT2D eigenvalue weighted by molar-refractivity contribution is 6.30. The van der Waals surface area contributed by atoms with Gasteiger partial charge in [-0.3, -0.25) is 4.79 Å². The molecule has 0 fully saturated rings. The monoisotopic (exact) mass is 405 g/mol. The van der Waals surface area contributed by atoms with Crippen LogP contribution in [0.3, 0.4) is 0 Å². The fourth-order valence-electron chi connectivity index (χ4n) is 3.40. The molecule has 29 heavy (non-hydrogen) atoms. The van der Waals surface area contributed by atoms with Crippen LogP contribution in [0.4, 0.5) is 4.39 Å². The standard InChI is InChI=1S/C21H13ClFN5O/c22-15-6-3-5-13(10-15)19-18-17(26-21-24-12-25-28(19)21)8-9-27(20(18)29)11-14-4-1-2-7-16(14)23/h1-10,12H,11H2. The predicted molar refractivity (Wildman–Crippen MR) is 108 cm³/mol. The van der Waals surface area contributed by atoms with Crippen LogP contribution in [0.15, 0.2) is 71.9 Å². The zero-order valence-electron chi connectivity index (χ0n) is 15.0. The Bertz CT molecular complexity index is 1440. The molecular formula is C21H13ClFN5O. The van der Waals surface area contributed by atoms with Crippen LogP contribution in [0.5, 0.6) is 0 Å². The van der Waals surface area contributed by atoms with Gasteiger partial charge in [-0.2, -0.15) is 14.6 Å². The van der Waals surface area contributed by atoms with E-state index in [1.807, 2.05) is 6.07 Å². The SMILES string of the molecule is O=c1c2c(-c3cccc(Cl)c3)n3ncnc3nc2ccn1Cc1ccccc1F. The number of nitrogens with zero attached hydrogens (tertiary/aromatic N) is 5. The number of benzene rings is 2. The molecule has 142 valence electrons. The van der Waals surface area contributed by atoms with Gasteiger partial charge in [-0.25, -0.2) is 9.37 Å². The molecule has 0 spiro atoms. The highest BCUT2D eigenvalue weighted by atomic mass is 35.5. The topological polar surface area (TPSA) is 65.1 Å². The van der Waals surface area contributed by atoms with E-state index in [2.05, 4.69) is 15.1 Å². The Morgan fingerprint density at radius 2 is 1.93 bits per heavy atom. The second-order valence-corrected chi connectivity index (χ2v) is 6.98. The van der Waals surface area contributed by atoms with Gasteiger partial charge in [-0.05, 0) is 24.3 Å². The van der Waals surface area contributed by atoms with Crippen LogP contribution in [-0.2, 0) is 6.54 Å². The van der Waals surface area contributed by atoms with Gasteiger partial charge >= 0.3 is 0 Å². The Balaban J connectivity index is 1.82. The number of hydrogen-bond donors (Lipinski definition) is 0. The maximum Gasteiger partial charge on any atom is 0.262 e. The zero-order valence-corrected chi connectivity index (χ0v) is 15.7. The lowest BCUT2D eigenvalue weighted by Crippen LogP contribution is -2.22. The molecule has 8 heteroatoms. The van der Waals surface area contributed by atoms with E-state index in [1.165, 1.54) is 21.5 Å². The number of rotatable bonds is 3. The van der Waals surface area contributed by atoms with E-state index >= 15 is 0 Å². The number of fused-ring (bicyclic) bond motifs is 2. The first-order chi connectivity index (χ1) is 14.1. The van der Waals surface area contributed by atoms with Crippen LogP contribution >= 0.6 is 11.6 Å². The van der Waals surface area contributed by atoms with Gasteiger partial charge in [0.05, 0.1) is 23.1 Å². The molecule has 5 rings (SSSR count).